The lowest BCUT2D eigenvalue weighted by Crippen LogP contribution is -1.72. The quantitative estimate of drug-likeness (QED) is 0.663. The minimum absolute atomic E-state index is 0.0993. The third-order valence-electron chi connectivity index (χ3n) is 0.890. The van der Waals surface area contributed by atoms with Crippen LogP contribution in [0.2, 0.25) is 0 Å². The summed E-state index contributed by atoms with van der Waals surface area (Å²) in [5.41, 5.74) is 0.900. The number of aliphatic hydroxyl groups excluding tert-OH is 1. The lowest BCUT2D eigenvalue weighted by Gasteiger charge is -1.79. The Balaban J connectivity index is 2.84. The van der Waals surface area contributed by atoms with Crippen molar-refractivity contribution in [3.8, 4) is 0 Å². The van der Waals surface area contributed by atoms with Crippen molar-refractivity contribution < 1.29 is 5.11 Å². The summed E-state index contributed by atoms with van der Waals surface area (Å²) < 4.78 is 0.904. The Labute approximate surface area is 55.7 Å². The molecule has 0 aromatic carbocycles. The zero-order valence-electron chi connectivity index (χ0n) is 4.19. The first-order valence-electron chi connectivity index (χ1n) is 2.26. The van der Waals surface area contributed by atoms with Gasteiger partial charge in [0, 0.05) is 6.20 Å². The summed E-state index contributed by atoms with van der Waals surface area (Å²) in [6.07, 6.45) is 1.75. The van der Waals surface area contributed by atoms with Crippen molar-refractivity contribution in [1.82, 2.24) is 4.98 Å². The van der Waals surface area contributed by atoms with E-state index in [2.05, 4.69) is 20.9 Å². The van der Waals surface area contributed by atoms with Gasteiger partial charge in [-0.3, -0.25) is 0 Å². The molecule has 8 heavy (non-hydrogen) atoms. The van der Waals surface area contributed by atoms with Gasteiger partial charge in [-0.05, 0) is 27.6 Å². The standard InChI is InChI=1S/C5H6BrNO/c6-5-1-4(3-8)2-7-5/h1-2,7-8H,3H2. The molecule has 0 amide bonds. The number of aromatic amines is 1. The average Bonchev–Trinajstić information content (AvgIpc) is 2.14. The molecule has 0 aliphatic heterocycles. The van der Waals surface area contributed by atoms with Crippen molar-refractivity contribution >= 4 is 15.9 Å². The van der Waals surface area contributed by atoms with Crippen LogP contribution >= 0.6 is 15.9 Å². The largest absolute Gasteiger partial charge is 0.392 e. The van der Waals surface area contributed by atoms with E-state index < -0.39 is 0 Å². The van der Waals surface area contributed by atoms with E-state index in [1.54, 1.807) is 6.20 Å². The summed E-state index contributed by atoms with van der Waals surface area (Å²) in [6.45, 7) is 0.0993. The van der Waals surface area contributed by atoms with Crippen molar-refractivity contribution in [2.45, 2.75) is 6.61 Å². The Morgan fingerprint density at radius 1 is 1.75 bits per heavy atom. The van der Waals surface area contributed by atoms with Crippen molar-refractivity contribution in [1.29, 1.82) is 0 Å². The van der Waals surface area contributed by atoms with Crippen molar-refractivity contribution in [3.63, 3.8) is 0 Å². The Bertz CT molecular complexity index is 173. The third-order valence-corrected chi connectivity index (χ3v) is 1.35. The Morgan fingerprint density at radius 3 is 2.75 bits per heavy atom. The molecular formula is C5H6BrNO. The highest BCUT2D eigenvalue weighted by atomic mass is 79.9. The minimum atomic E-state index is 0.0993. The monoisotopic (exact) mass is 175 g/mol. The smallest absolute Gasteiger partial charge is 0.0823 e. The zero-order chi connectivity index (χ0) is 5.98. The first-order valence-corrected chi connectivity index (χ1v) is 3.06. The summed E-state index contributed by atoms with van der Waals surface area (Å²) >= 11 is 3.21. The lowest BCUT2D eigenvalue weighted by atomic mass is 10.4. The van der Waals surface area contributed by atoms with E-state index in [9.17, 15) is 0 Å². The Kier molecular flexibility index (Phi) is 1.70. The Hall–Kier alpha value is -0.280. The second-order valence-electron chi connectivity index (χ2n) is 1.51. The number of aromatic nitrogens is 1. The maximum atomic E-state index is 8.51. The van der Waals surface area contributed by atoms with Crippen molar-refractivity contribution in [3.05, 3.63) is 22.4 Å². The first kappa shape index (κ1) is 5.85. The fourth-order valence-electron chi connectivity index (χ4n) is 0.499. The normalized spacial score (nSPS) is 9.75. The van der Waals surface area contributed by atoms with Gasteiger partial charge in [0.25, 0.3) is 0 Å². The average molecular weight is 176 g/mol. The van der Waals surface area contributed by atoms with E-state index in [0.29, 0.717) is 0 Å². The predicted molar refractivity (Wildman–Crippen MR) is 34.4 cm³/mol. The second-order valence-corrected chi connectivity index (χ2v) is 2.37. The van der Waals surface area contributed by atoms with E-state index in [0.717, 1.165) is 10.2 Å². The molecule has 2 nitrogen and oxygen atoms in total. The third kappa shape index (κ3) is 1.11. The van der Waals surface area contributed by atoms with Crippen LogP contribution in [0.5, 0.6) is 0 Å². The van der Waals surface area contributed by atoms with Crippen LogP contribution in [0.15, 0.2) is 16.9 Å². The molecule has 1 aromatic heterocycles. The van der Waals surface area contributed by atoms with E-state index >= 15 is 0 Å². The van der Waals surface area contributed by atoms with Gasteiger partial charge in [0.15, 0.2) is 0 Å². The van der Waals surface area contributed by atoms with Crippen LogP contribution in [0.1, 0.15) is 5.56 Å². The van der Waals surface area contributed by atoms with Gasteiger partial charge < -0.3 is 10.1 Å². The molecule has 0 aliphatic rings. The molecule has 0 unspecified atom stereocenters. The van der Waals surface area contributed by atoms with Gasteiger partial charge in [-0.2, -0.15) is 0 Å². The molecule has 0 aliphatic carbocycles. The highest BCUT2D eigenvalue weighted by Gasteiger charge is 1.90. The van der Waals surface area contributed by atoms with Crippen LogP contribution in [0.3, 0.4) is 0 Å². The highest BCUT2D eigenvalue weighted by molar-refractivity contribution is 9.10. The number of aliphatic hydroxyl groups is 1. The number of H-pyrrole nitrogens is 1. The summed E-state index contributed by atoms with van der Waals surface area (Å²) in [5.74, 6) is 0. The molecule has 0 spiro atoms. The van der Waals surface area contributed by atoms with Crippen LogP contribution in [0.4, 0.5) is 0 Å². The molecule has 1 aromatic rings. The van der Waals surface area contributed by atoms with Crippen LogP contribution in [0, 0.1) is 0 Å². The summed E-state index contributed by atoms with van der Waals surface area (Å²) in [6, 6.07) is 1.83. The van der Waals surface area contributed by atoms with Crippen LogP contribution in [-0.4, -0.2) is 10.1 Å². The predicted octanol–water partition coefficient (Wildman–Crippen LogP) is 1.27. The number of hydrogen-bond donors (Lipinski definition) is 2. The fraction of sp³-hybridized carbons (Fsp3) is 0.200. The van der Waals surface area contributed by atoms with Gasteiger partial charge in [-0.25, -0.2) is 0 Å². The topological polar surface area (TPSA) is 36.0 Å². The van der Waals surface area contributed by atoms with E-state index in [4.69, 9.17) is 5.11 Å². The molecule has 44 valence electrons. The van der Waals surface area contributed by atoms with Crippen LogP contribution in [-0.2, 0) is 6.61 Å². The van der Waals surface area contributed by atoms with Crippen molar-refractivity contribution in [2.75, 3.05) is 0 Å². The zero-order valence-corrected chi connectivity index (χ0v) is 5.77. The molecular weight excluding hydrogens is 170 g/mol. The van der Waals surface area contributed by atoms with Crippen LogP contribution in [0.25, 0.3) is 0 Å². The number of halogens is 1. The van der Waals surface area contributed by atoms with Crippen LogP contribution < -0.4 is 0 Å². The minimum Gasteiger partial charge on any atom is -0.392 e. The molecule has 2 N–H and O–H groups in total. The maximum absolute atomic E-state index is 8.51. The summed E-state index contributed by atoms with van der Waals surface area (Å²) in [5, 5.41) is 8.51. The Morgan fingerprint density at radius 2 is 2.50 bits per heavy atom. The number of rotatable bonds is 1. The first-order chi connectivity index (χ1) is 3.83. The molecule has 0 saturated carbocycles. The van der Waals surface area contributed by atoms with Crippen molar-refractivity contribution in [2.24, 2.45) is 0 Å². The second kappa shape index (κ2) is 2.33. The molecule has 0 saturated heterocycles. The molecule has 1 heterocycles. The van der Waals surface area contributed by atoms with E-state index in [-0.39, 0.29) is 6.61 Å². The highest BCUT2D eigenvalue weighted by Crippen LogP contribution is 2.08. The van der Waals surface area contributed by atoms with Gasteiger partial charge in [0.2, 0.25) is 0 Å². The molecule has 0 fully saturated rings. The molecule has 3 heteroatoms. The SMILES string of the molecule is OCc1c[nH]c(Br)c1. The number of nitrogens with one attached hydrogen (secondary N) is 1. The van der Waals surface area contributed by atoms with Gasteiger partial charge >= 0.3 is 0 Å². The fourth-order valence-corrected chi connectivity index (χ4v) is 0.908. The summed E-state index contributed by atoms with van der Waals surface area (Å²) in [4.78, 5) is 2.88. The molecule has 0 radical (unpaired) electrons. The maximum Gasteiger partial charge on any atom is 0.0823 e. The molecule has 0 atom stereocenters. The lowest BCUT2D eigenvalue weighted by molar-refractivity contribution is 0.282. The molecule has 0 bridgehead atoms. The van der Waals surface area contributed by atoms with Gasteiger partial charge in [0.05, 0.1) is 11.2 Å². The van der Waals surface area contributed by atoms with E-state index in [1.807, 2.05) is 6.07 Å². The van der Waals surface area contributed by atoms with Gasteiger partial charge in [0.1, 0.15) is 0 Å². The number of hydrogen-bond acceptors (Lipinski definition) is 1. The van der Waals surface area contributed by atoms with Gasteiger partial charge in [-0.15, -0.1) is 0 Å². The van der Waals surface area contributed by atoms with E-state index in [1.165, 1.54) is 0 Å². The summed E-state index contributed by atoms with van der Waals surface area (Å²) in [7, 11) is 0. The van der Waals surface area contributed by atoms with Gasteiger partial charge in [-0.1, -0.05) is 0 Å². The molecule has 1 rings (SSSR count).